The average molecular weight is 282 g/mol. The van der Waals surface area contributed by atoms with Gasteiger partial charge < -0.3 is 5.11 Å². The van der Waals surface area contributed by atoms with Gasteiger partial charge in [-0.3, -0.25) is 4.79 Å². The van der Waals surface area contributed by atoms with Crippen LogP contribution in [0.5, 0.6) is 0 Å². The number of carboxylic acids is 1. The number of rotatable bonds is 5. The highest BCUT2D eigenvalue weighted by Gasteiger charge is 2.44. The van der Waals surface area contributed by atoms with Crippen molar-refractivity contribution in [3.63, 3.8) is 0 Å². The van der Waals surface area contributed by atoms with Crippen molar-refractivity contribution < 1.29 is 9.90 Å². The summed E-state index contributed by atoms with van der Waals surface area (Å²) in [6.45, 7) is 0. The molecule has 0 atom stereocenters. The largest absolute Gasteiger partial charge is 0.481 e. The zero-order chi connectivity index (χ0) is 13.2. The first-order valence-electron chi connectivity index (χ1n) is 5.59. The Kier molecular flexibility index (Phi) is 3.84. The van der Waals surface area contributed by atoms with E-state index in [0.717, 1.165) is 23.5 Å². The smallest absolute Gasteiger partial charge is 0.303 e. The molecule has 3 nitrogen and oxygen atoms in total. The van der Waals surface area contributed by atoms with Crippen LogP contribution in [0, 0.1) is 16.7 Å². The van der Waals surface area contributed by atoms with Gasteiger partial charge in [-0.1, -0.05) is 11.6 Å². The Bertz CT molecular complexity index is 520. The van der Waals surface area contributed by atoms with Gasteiger partial charge in [0.05, 0.1) is 17.0 Å². The second kappa shape index (κ2) is 5.21. The van der Waals surface area contributed by atoms with Crippen LogP contribution in [0.25, 0.3) is 0 Å². The van der Waals surface area contributed by atoms with Crippen LogP contribution in [0.2, 0.25) is 5.02 Å². The van der Waals surface area contributed by atoms with E-state index >= 15 is 0 Å². The molecular weight excluding hydrogens is 270 g/mol. The summed E-state index contributed by atoms with van der Waals surface area (Å²) >= 11 is 7.56. The Balaban J connectivity index is 1.97. The number of carbonyl (C=O) groups is 1. The fourth-order valence-electron chi connectivity index (χ4n) is 1.78. The minimum atomic E-state index is -0.731. The van der Waals surface area contributed by atoms with Crippen molar-refractivity contribution in [1.29, 1.82) is 5.26 Å². The zero-order valence-electron chi connectivity index (χ0n) is 9.65. The number of hydrogen-bond donors (Lipinski definition) is 1. The Morgan fingerprint density at radius 3 is 2.78 bits per heavy atom. The van der Waals surface area contributed by atoms with Crippen molar-refractivity contribution >= 4 is 29.3 Å². The van der Waals surface area contributed by atoms with E-state index in [9.17, 15) is 4.79 Å². The fourth-order valence-corrected chi connectivity index (χ4v) is 3.30. The average Bonchev–Trinajstić information content (AvgIpc) is 3.06. The van der Waals surface area contributed by atoms with Gasteiger partial charge in [0.2, 0.25) is 0 Å². The molecular formula is C13H12ClNO2S. The van der Waals surface area contributed by atoms with Gasteiger partial charge in [-0.05, 0) is 36.5 Å². The molecule has 2 rings (SSSR count). The maximum atomic E-state index is 10.7. The zero-order valence-corrected chi connectivity index (χ0v) is 11.2. The first-order valence-corrected chi connectivity index (χ1v) is 6.95. The molecule has 5 heteroatoms. The van der Waals surface area contributed by atoms with Crippen molar-refractivity contribution in [3.8, 4) is 6.07 Å². The Morgan fingerprint density at radius 1 is 1.56 bits per heavy atom. The van der Waals surface area contributed by atoms with Crippen molar-refractivity contribution in [2.75, 3.05) is 5.75 Å². The molecule has 0 heterocycles. The van der Waals surface area contributed by atoms with Gasteiger partial charge in [0, 0.05) is 10.6 Å². The summed E-state index contributed by atoms with van der Waals surface area (Å²) in [5.74, 6) is 0.0626. The first-order chi connectivity index (χ1) is 8.54. The Morgan fingerprint density at radius 2 is 2.28 bits per heavy atom. The Labute approximate surface area is 115 Å². The number of benzene rings is 1. The van der Waals surface area contributed by atoms with E-state index in [2.05, 4.69) is 0 Å². The van der Waals surface area contributed by atoms with Gasteiger partial charge in [-0.25, -0.2) is 0 Å². The molecule has 0 unspecified atom stereocenters. The monoisotopic (exact) mass is 281 g/mol. The van der Waals surface area contributed by atoms with E-state index in [1.165, 1.54) is 0 Å². The molecule has 0 bridgehead atoms. The predicted octanol–water partition coefficient (Wildman–Crippen LogP) is 3.56. The highest BCUT2D eigenvalue weighted by atomic mass is 35.5. The number of hydrogen-bond acceptors (Lipinski definition) is 3. The second-order valence-corrected chi connectivity index (χ2v) is 6.07. The first kappa shape index (κ1) is 13.3. The van der Waals surface area contributed by atoms with Crippen LogP contribution in [0.4, 0.5) is 0 Å². The summed E-state index contributed by atoms with van der Waals surface area (Å²) in [5.41, 5.74) is 0.435. The topological polar surface area (TPSA) is 61.1 Å². The van der Waals surface area contributed by atoms with E-state index in [1.54, 1.807) is 23.9 Å². The molecule has 1 aliphatic rings. The SMILES string of the molecule is N#Cc1ccc(SCC2(CC(=O)O)CC2)cc1Cl. The number of halogens is 1. The molecule has 1 aliphatic carbocycles. The third-order valence-electron chi connectivity index (χ3n) is 3.09. The van der Waals surface area contributed by atoms with Gasteiger partial charge in [0.15, 0.2) is 0 Å². The number of carboxylic acid groups (broad SMARTS) is 1. The van der Waals surface area contributed by atoms with Gasteiger partial charge in [-0.2, -0.15) is 5.26 Å². The lowest BCUT2D eigenvalue weighted by Gasteiger charge is -2.11. The maximum Gasteiger partial charge on any atom is 0.303 e. The number of thioether (sulfide) groups is 1. The molecule has 1 N–H and O–H groups in total. The van der Waals surface area contributed by atoms with Crippen LogP contribution in [-0.4, -0.2) is 16.8 Å². The van der Waals surface area contributed by atoms with Crippen LogP contribution in [0.1, 0.15) is 24.8 Å². The maximum absolute atomic E-state index is 10.7. The van der Waals surface area contributed by atoms with Crippen molar-refractivity contribution in [1.82, 2.24) is 0 Å². The summed E-state index contributed by atoms with van der Waals surface area (Å²) in [6.07, 6.45) is 2.20. The standard InChI is InChI=1S/C13H12ClNO2S/c14-11-5-10(2-1-9(11)7-15)18-8-13(3-4-13)6-12(16)17/h1-2,5H,3-4,6,8H2,(H,16,17). The molecule has 0 saturated heterocycles. The van der Waals surface area contributed by atoms with E-state index in [4.69, 9.17) is 22.0 Å². The fraction of sp³-hybridized carbons (Fsp3) is 0.385. The van der Waals surface area contributed by atoms with Gasteiger partial charge in [0.25, 0.3) is 0 Å². The minimum Gasteiger partial charge on any atom is -0.481 e. The highest BCUT2D eigenvalue weighted by Crippen LogP contribution is 2.52. The van der Waals surface area contributed by atoms with Crippen LogP contribution in [0.15, 0.2) is 23.1 Å². The summed E-state index contributed by atoms with van der Waals surface area (Å²) in [6, 6.07) is 7.33. The van der Waals surface area contributed by atoms with Crippen molar-refractivity contribution in [2.45, 2.75) is 24.2 Å². The van der Waals surface area contributed by atoms with Gasteiger partial charge in [-0.15, -0.1) is 11.8 Å². The third kappa shape index (κ3) is 3.18. The third-order valence-corrected chi connectivity index (χ3v) is 4.75. The molecule has 1 aromatic rings. The molecule has 0 amide bonds. The van der Waals surface area contributed by atoms with Crippen LogP contribution in [0.3, 0.4) is 0 Å². The van der Waals surface area contributed by atoms with Crippen LogP contribution >= 0.6 is 23.4 Å². The molecule has 94 valence electrons. The summed E-state index contributed by atoms with van der Waals surface area (Å²) in [7, 11) is 0. The van der Waals surface area contributed by atoms with Crippen LogP contribution < -0.4 is 0 Å². The highest BCUT2D eigenvalue weighted by molar-refractivity contribution is 7.99. The normalized spacial score (nSPS) is 16.0. The molecule has 1 aromatic carbocycles. The molecule has 18 heavy (non-hydrogen) atoms. The second-order valence-electron chi connectivity index (χ2n) is 4.61. The molecule has 1 saturated carbocycles. The van der Waals surface area contributed by atoms with E-state index < -0.39 is 5.97 Å². The lowest BCUT2D eigenvalue weighted by atomic mass is 10.1. The summed E-state index contributed by atoms with van der Waals surface area (Å²) < 4.78 is 0. The van der Waals surface area contributed by atoms with E-state index in [0.29, 0.717) is 10.6 Å². The van der Waals surface area contributed by atoms with Crippen LogP contribution in [-0.2, 0) is 4.79 Å². The summed E-state index contributed by atoms with van der Waals surface area (Å²) in [5, 5.41) is 18.1. The lowest BCUT2D eigenvalue weighted by Crippen LogP contribution is -2.10. The molecule has 1 fully saturated rings. The van der Waals surface area contributed by atoms with Gasteiger partial charge in [0.1, 0.15) is 6.07 Å². The molecule has 0 radical (unpaired) electrons. The van der Waals surface area contributed by atoms with E-state index in [1.807, 2.05) is 12.1 Å². The molecule has 0 aromatic heterocycles. The molecule has 0 aliphatic heterocycles. The number of nitrogens with zero attached hydrogens (tertiary/aromatic N) is 1. The minimum absolute atomic E-state index is 0.0309. The number of nitriles is 1. The predicted molar refractivity (Wildman–Crippen MR) is 70.8 cm³/mol. The number of aliphatic carboxylic acids is 1. The van der Waals surface area contributed by atoms with Crippen molar-refractivity contribution in [3.05, 3.63) is 28.8 Å². The summed E-state index contributed by atoms with van der Waals surface area (Å²) in [4.78, 5) is 11.7. The quantitative estimate of drug-likeness (QED) is 0.838. The van der Waals surface area contributed by atoms with E-state index in [-0.39, 0.29) is 11.8 Å². The Hall–Kier alpha value is -1.18. The lowest BCUT2D eigenvalue weighted by molar-refractivity contribution is -0.138. The molecule has 0 spiro atoms. The van der Waals surface area contributed by atoms with Crippen molar-refractivity contribution in [2.24, 2.45) is 5.41 Å². The van der Waals surface area contributed by atoms with Gasteiger partial charge >= 0.3 is 5.97 Å².